The standard InChI is InChI=1S/C19H16O2/c1-13-17(15-9-5-3-6-10-15)14(2)19(20)21-18(13)16-11-7-4-8-12-16/h3-12H,1-2H3. The van der Waals surface area contributed by atoms with E-state index < -0.39 is 0 Å². The van der Waals surface area contributed by atoms with E-state index in [9.17, 15) is 4.79 Å². The Bertz CT molecular complexity index is 815. The molecule has 0 fully saturated rings. The second-order valence-corrected chi connectivity index (χ2v) is 5.08. The molecule has 0 atom stereocenters. The molecule has 0 radical (unpaired) electrons. The average molecular weight is 276 g/mol. The number of hydrogen-bond acceptors (Lipinski definition) is 2. The molecule has 0 spiro atoms. The molecule has 0 saturated carbocycles. The number of hydrogen-bond donors (Lipinski definition) is 0. The molecule has 0 aliphatic carbocycles. The van der Waals surface area contributed by atoms with E-state index in [0.29, 0.717) is 11.3 Å². The van der Waals surface area contributed by atoms with Crippen LogP contribution >= 0.6 is 0 Å². The summed E-state index contributed by atoms with van der Waals surface area (Å²) < 4.78 is 5.53. The molecule has 1 heterocycles. The van der Waals surface area contributed by atoms with Crippen molar-refractivity contribution in [2.75, 3.05) is 0 Å². The zero-order valence-corrected chi connectivity index (χ0v) is 12.1. The van der Waals surface area contributed by atoms with Gasteiger partial charge in [0.1, 0.15) is 5.76 Å². The third-order valence-electron chi connectivity index (χ3n) is 3.69. The number of benzene rings is 2. The molecular formula is C19H16O2. The Hall–Kier alpha value is -2.61. The molecule has 104 valence electrons. The van der Waals surface area contributed by atoms with E-state index in [0.717, 1.165) is 22.3 Å². The molecule has 0 aliphatic rings. The van der Waals surface area contributed by atoms with E-state index in [-0.39, 0.29) is 5.63 Å². The van der Waals surface area contributed by atoms with Crippen molar-refractivity contribution in [1.82, 2.24) is 0 Å². The maximum Gasteiger partial charge on any atom is 0.339 e. The lowest BCUT2D eigenvalue weighted by Gasteiger charge is -2.13. The summed E-state index contributed by atoms with van der Waals surface area (Å²) in [6, 6.07) is 19.7. The Morgan fingerprint density at radius 2 is 1.24 bits per heavy atom. The summed E-state index contributed by atoms with van der Waals surface area (Å²) >= 11 is 0. The maximum absolute atomic E-state index is 12.2. The minimum Gasteiger partial charge on any atom is -0.422 e. The van der Waals surface area contributed by atoms with E-state index in [1.54, 1.807) is 0 Å². The van der Waals surface area contributed by atoms with Gasteiger partial charge in [0, 0.05) is 16.7 Å². The van der Waals surface area contributed by atoms with Crippen LogP contribution in [0.15, 0.2) is 69.9 Å². The van der Waals surface area contributed by atoms with Gasteiger partial charge in [-0.25, -0.2) is 4.79 Å². The number of rotatable bonds is 2. The molecule has 3 aromatic rings. The van der Waals surface area contributed by atoms with Gasteiger partial charge in [0.05, 0.1) is 0 Å². The van der Waals surface area contributed by atoms with Crippen LogP contribution in [-0.4, -0.2) is 0 Å². The Labute approximate surface area is 123 Å². The molecule has 1 aromatic heterocycles. The minimum atomic E-state index is -0.279. The Morgan fingerprint density at radius 1 is 0.714 bits per heavy atom. The van der Waals surface area contributed by atoms with Gasteiger partial charge in [-0.15, -0.1) is 0 Å². The topological polar surface area (TPSA) is 30.2 Å². The summed E-state index contributed by atoms with van der Waals surface area (Å²) in [6.45, 7) is 3.82. The highest BCUT2D eigenvalue weighted by atomic mass is 16.4. The monoisotopic (exact) mass is 276 g/mol. The second-order valence-electron chi connectivity index (χ2n) is 5.08. The summed E-state index contributed by atoms with van der Waals surface area (Å²) in [5.41, 5.74) is 4.29. The average Bonchev–Trinajstić information content (AvgIpc) is 2.53. The van der Waals surface area contributed by atoms with E-state index in [1.807, 2.05) is 74.5 Å². The van der Waals surface area contributed by atoms with Gasteiger partial charge in [-0.2, -0.15) is 0 Å². The van der Waals surface area contributed by atoms with Gasteiger partial charge in [-0.3, -0.25) is 0 Å². The quantitative estimate of drug-likeness (QED) is 0.685. The SMILES string of the molecule is Cc1c(-c2ccccc2)oc(=O)c(C)c1-c1ccccc1. The summed E-state index contributed by atoms with van der Waals surface area (Å²) in [7, 11) is 0. The van der Waals surface area contributed by atoms with Crippen LogP contribution in [0.3, 0.4) is 0 Å². The first-order valence-electron chi connectivity index (χ1n) is 6.93. The fourth-order valence-electron chi connectivity index (χ4n) is 2.65. The first-order valence-corrected chi connectivity index (χ1v) is 6.93. The van der Waals surface area contributed by atoms with Crippen molar-refractivity contribution in [2.45, 2.75) is 13.8 Å². The van der Waals surface area contributed by atoms with Crippen molar-refractivity contribution in [2.24, 2.45) is 0 Å². The molecule has 0 saturated heterocycles. The fraction of sp³-hybridized carbons (Fsp3) is 0.105. The normalized spacial score (nSPS) is 10.6. The third-order valence-corrected chi connectivity index (χ3v) is 3.69. The maximum atomic E-state index is 12.2. The first kappa shape index (κ1) is 13.4. The van der Waals surface area contributed by atoms with Gasteiger partial charge in [0.25, 0.3) is 0 Å². The van der Waals surface area contributed by atoms with Crippen LogP contribution in [0.2, 0.25) is 0 Å². The molecule has 0 aliphatic heterocycles. The zero-order valence-electron chi connectivity index (χ0n) is 12.1. The van der Waals surface area contributed by atoms with Crippen LogP contribution in [-0.2, 0) is 0 Å². The van der Waals surface area contributed by atoms with Crippen LogP contribution in [0.1, 0.15) is 11.1 Å². The lowest BCUT2D eigenvalue weighted by Crippen LogP contribution is -2.08. The van der Waals surface area contributed by atoms with Crippen molar-refractivity contribution >= 4 is 0 Å². The van der Waals surface area contributed by atoms with Crippen LogP contribution in [0.25, 0.3) is 22.5 Å². The summed E-state index contributed by atoms with van der Waals surface area (Å²) in [4.78, 5) is 12.2. The largest absolute Gasteiger partial charge is 0.422 e. The van der Waals surface area contributed by atoms with E-state index in [1.165, 1.54) is 0 Å². The molecule has 0 unspecified atom stereocenters. The van der Waals surface area contributed by atoms with Crippen LogP contribution in [0.4, 0.5) is 0 Å². The molecule has 2 aromatic carbocycles. The Balaban J connectivity index is 2.31. The molecule has 2 heteroatoms. The lowest BCUT2D eigenvalue weighted by atomic mass is 9.95. The minimum absolute atomic E-state index is 0.279. The fourth-order valence-corrected chi connectivity index (χ4v) is 2.65. The van der Waals surface area contributed by atoms with Gasteiger partial charge >= 0.3 is 5.63 Å². The summed E-state index contributed by atoms with van der Waals surface area (Å²) in [5.74, 6) is 0.644. The van der Waals surface area contributed by atoms with Crippen LogP contribution in [0.5, 0.6) is 0 Å². The van der Waals surface area contributed by atoms with E-state index in [4.69, 9.17) is 4.42 Å². The third kappa shape index (κ3) is 2.40. The van der Waals surface area contributed by atoms with Crippen LogP contribution < -0.4 is 5.63 Å². The van der Waals surface area contributed by atoms with Gasteiger partial charge in [0.2, 0.25) is 0 Å². The van der Waals surface area contributed by atoms with Crippen molar-refractivity contribution in [3.05, 3.63) is 82.2 Å². The smallest absolute Gasteiger partial charge is 0.339 e. The molecular weight excluding hydrogens is 260 g/mol. The van der Waals surface area contributed by atoms with E-state index in [2.05, 4.69) is 0 Å². The predicted molar refractivity (Wildman–Crippen MR) is 85.3 cm³/mol. The highest BCUT2D eigenvalue weighted by molar-refractivity contribution is 5.76. The Kier molecular flexibility index (Phi) is 3.44. The molecule has 3 rings (SSSR count). The summed E-state index contributed by atoms with van der Waals surface area (Å²) in [6.07, 6.45) is 0. The highest BCUT2D eigenvalue weighted by Crippen LogP contribution is 2.32. The molecule has 2 nitrogen and oxygen atoms in total. The van der Waals surface area contributed by atoms with Crippen molar-refractivity contribution in [1.29, 1.82) is 0 Å². The Morgan fingerprint density at radius 3 is 1.81 bits per heavy atom. The van der Waals surface area contributed by atoms with Crippen molar-refractivity contribution < 1.29 is 4.42 Å². The van der Waals surface area contributed by atoms with Gasteiger partial charge < -0.3 is 4.42 Å². The second kappa shape index (κ2) is 5.41. The van der Waals surface area contributed by atoms with E-state index >= 15 is 0 Å². The van der Waals surface area contributed by atoms with Crippen LogP contribution in [0, 0.1) is 13.8 Å². The first-order chi connectivity index (χ1) is 10.2. The molecule has 0 N–H and O–H groups in total. The predicted octanol–water partition coefficient (Wildman–Crippen LogP) is 4.59. The highest BCUT2D eigenvalue weighted by Gasteiger charge is 2.16. The molecule has 0 amide bonds. The van der Waals surface area contributed by atoms with Gasteiger partial charge in [-0.05, 0) is 25.0 Å². The van der Waals surface area contributed by atoms with Crippen molar-refractivity contribution in [3.8, 4) is 22.5 Å². The van der Waals surface area contributed by atoms with Gasteiger partial charge in [0.15, 0.2) is 0 Å². The molecule has 0 bridgehead atoms. The molecule has 21 heavy (non-hydrogen) atoms. The van der Waals surface area contributed by atoms with Crippen molar-refractivity contribution in [3.63, 3.8) is 0 Å². The summed E-state index contributed by atoms with van der Waals surface area (Å²) in [5, 5.41) is 0. The van der Waals surface area contributed by atoms with Gasteiger partial charge in [-0.1, -0.05) is 60.7 Å². The zero-order chi connectivity index (χ0) is 14.8. The lowest BCUT2D eigenvalue weighted by molar-refractivity contribution is 0.517.